The van der Waals surface area contributed by atoms with Crippen LogP contribution in [0.15, 0.2) is 34.9 Å². The molecule has 1 aromatic heterocycles. The summed E-state index contributed by atoms with van der Waals surface area (Å²) in [5, 5.41) is 7.12. The lowest BCUT2D eigenvalue weighted by molar-refractivity contribution is -0.173. The molecule has 2 aliphatic rings. The molecule has 0 spiro atoms. The molecule has 0 saturated carbocycles. The Bertz CT molecular complexity index is 873. The number of halogens is 4. The third-order valence-electron chi connectivity index (χ3n) is 5.63. The highest BCUT2D eigenvalue weighted by Gasteiger charge is 2.47. The molecule has 156 valence electrons. The molecule has 1 aromatic carbocycles. The summed E-state index contributed by atoms with van der Waals surface area (Å²) in [5.74, 6) is -0.0984. The number of anilines is 1. The van der Waals surface area contributed by atoms with Gasteiger partial charge in [-0.15, -0.1) is 0 Å². The molecule has 0 aliphatic carbocycles. The van der Waals surface area contributed by atoms with Crippen molar-refractivity contribution in [3.05, 3.63) is 46.1 Å². The molecule has 5 nitrogen and oxygen atoms in total. The Morgan fingerprint density at radius 1 is 1.10 bits per heavy atom. The largest absolute Gasteiger partial charge is 0.410 e. The summed E-state index contributed by atoms with van der Waals surface area (Å²) >= 11 is 3.35. The Labute approximate surface area is 175 Å². The van der Waals surface area contributed by atoms with Crippen molar-refractivity contribution < 1.29 is 18.0 Å². The summed E-state index contributed by atoms with van der Waals surface area (Å²) in [6.45, 7) is 1.25. The van der Waals surface area contributed by atoms with E-state index in [-0.39, 0.29) is 23.7 Å². The Balaban J connectivity index is 1.69. The van der Waals surface area contributed by atoms with Gasteiger partial charge in [-0.2, -0.15) is 18.3 Å². The molecule has 1 saturated heterocycles. The SMILES string of the molecule is O=C(c1cnn2c1N[C@H](c1ccc(Br)cc1)C[C@@H]2C(F)(F)F)N1CCCCCC1. The second-order valence-corrected chi connectivity index (χ2v) is 8.52. The molecule has 4 rings (SSSR count). The minimum Gasteiger partial charge on any atom is -0.363 e. The Morgan fingerprint density at radius 3 is 2.38 bits per heavy atom. The van der Waals surface area contributed by atoms with Gasteiger partial charge in [-0.1, -0.05) is 40.9 Å². The lowest BCUT2D eigenvalue weighted by Crippen LogP contribution is -2.37. The van der Waals surface area contributed by atoms with E-state index in [0.29, 0.717) is 13.1 Å². The van der Waals surface area contributed by atoms with Gasteiger partial charge >= 0.3 is 6.18 Å². The highest BCUT2D eigenvalue weighted by atomic mass is 79.9. The molecule has 1 fully saturated rings. The molecule has 2 atom stereocenters. The summed E-state index contributed by atoms with van der Waals surface area (Å²) in [5.41, 5.74) is 0.950. The summed E-state index contributed by atoms with van der Waals surface area (Å²) in [4.78, 5) is 14.8. The van der Waals surface area contributed by atoms with E-state index in [4.69, 9.17) is 0 Å². The number of nitrogens with zero attached hydrogens (tertiary/aromatic N) is 3. The second-order valence-electron chi connectivity index (χ2n) is 7.60. The molecule has 2 aromatic rings. The first kappa shape index (κ1) is 20.3. The van der Waals surface area contributed by atoms with Crippen LogP contribution in [0.1, 0.15) is 60.1 Å². The maximum Gasteiger partial charge on any atom is 0.410 e. The van der Waals surface area contributed by atoms with E-state index in [9.17, 15) is 18.0 Å². The van der Waals surface area contributed by atoms with Gasteiger partial charge in [0.2, 0.25) is 0 Å². The van der Waals surface area contributed by atoms with Gasteiger partial charge in [0.15, 0.2) is 6.04 Å². The standard InChI is InChI=1S/C20H22BrF3N4O/c21-14-7-5-13(6-8-14)16-11-17(20(22,23)24)28-18(26-16)15(12-25-28)19(29)27-9-3-1-2-4-10-27/h5-8,12,16-17,26H,1-4,9-11H2/t16-,17+/m0/s1. The fraction of sp³-hybridized carbons (Fsp3) is 0.500. The number of carbonyl (C=O) groups is 1. The van der Waals surface area contributed by atoms with Gasteiger partial charge in [-0.05, 0) is 30.5 Å². The van der Waals surface area contributed by atoms with Gasteiger partial charge in [0.25, 0.3) is 5.91 Å². The minimum absolute atomic E-state index is 0.153. The fourth-order valence-corrected chi connectivity index (χ4v) is 4.34. The number of rotatable bonds is 2. The molecule has 0 radical (unpaired) electrons. The number of benzene rings is 1. The molecule has 1 amide bonds. The monoisotopic (exact) mass is 470 g/mol. The van der Waals surface area contributed by atoms with Crippen LogP contribution >= 0.6 is 15.9 Å². The van der Waals surface area contributed by atoms with E-state index in [1.165, 1.54) is 6.20 Å². The number of likely N-dealkylation sites (tertiary alicyclic amines) is 1. The van der Waals surface area contributed by atoms with E-state index in [1.807, 2.05) is 0 Å². The number of hydrogen-bond donors (Lipinski definition) is 1. The number of amides is 1. The topological polar surface area (TPSA) is 50.2 Å². The number of nitrogens with one attached hydrogen (secondary N) is 1. The molecule has 2 aliphatic heterocycles. The molecule has 29 heavy (non-hydrogen) atoms. The van der Waals surface area contributed by atoms with Crippen molar-refractivity contribution in [1.82, 2.24) is 14.7 Å². The summed E-state index contributed by atoms with van der Waals surface area (Å²) in [6.07, 6.45) is 0.589. The second kappa shape index (κ2) is 8.01. The first-order valence-electron chi connectivity index (χ1n) is 9.80. The van der Waals surface area contributed by atoms with Crippen LogP contribution in [0, 0.1) is 0 Å². The van der Waals surface area contributed by atoms with Crippen molar-refractivity contribution in [2.75, 3.05) is 18.4 Å². The normalized spacial score (nSPS) is 22.6. The van der Waals surface area contributed by atoms with Gasteiger partial charge in [0.05, 0.1) is 12.2 Å². The highest BCUT2D eigenvalue weighted by Crippen LogP contribution is 2.44. The van der Waals surface area contributed by atoms with E-state index in [0.717, 1.165) is 40.4 Å². The molecular formula is C20H22BrF3N4O. The predicted molar refractivity (Wildman–Crippen MR) is 107 cm³/mol. The molecule has 0 bridgehead atoms. The predicted octanol–water partition coefficient (Wildman–Crippen LogP) is 5.32. The summed E-state index contributed by atoms with van der Waals surface area (Å²) in [7, 11) is 0. The van der Waals surface area contributed by atoms with E-state index in [2.05, 4.69) is 26.3 Å². The van der Waals surface area contributed by atoms with Gasteiger partial charge in [0, 0.05) is 24.0 Å². The van der Waals surface area contributed by atoms with Gasteiger partial charge < -0.3 is 10.2 Å². The Kier molecular flexibility index (Phi) is 5.59. The van der Waals surface area contributed by atoms with E-state index >= 15 is 0 Å². The molecular weight excluding hydrogens is 449 g/mol. The van der Waals surface area contributed by atoms with Crippen LogP contribution in [0.2, 0.25) is 0 Å². The van der Waals surface area contributed by atoms with E-state index in [1.54, 1.807) is 29.2 Å². The number of fused-ring (bicyclic) bond motifs is 1. The Morgan fingerprint density at radius 2 is 1.76 bits per heavy atom. The lowest BCUT2D eigenvalue weighted by Gasteiger charge is -2.34. The van der Waals surface area contributed by atoms with Crippen molar-refractivity contribution in [3.8, 4) is 0 Å². The zero-order valence-corrected chi connectivity index (χ0v) is 17.3. The third kappa shape index (κ3) is 4.15. The highest BCUT2D eigenvalue weighted by molar-refractivity contribution is 9.10. The fourth-order valence-electron chi connectivity index (χ4n) is 4.08. The van der Waals surface area contributed by atoms with Crippen molar-refractivity contribution in [1.29, 1.82) is 0 Å². The van der Waals surface area contributed by atoms with Crippen molar-refractivity contribution in [2.24, 2.45) is 0 Å². The van der Waals surface area contributed by atoms with Crippen LogP contribution < -0.4 is 5.32 Å². The van der Waals surface area contributed by atoms with Crippen molar-refractivity contribution in [2.45, 2.75) is 50.4 Å². The van der Waals surface area contributed by atoms with Gasteiger partial charge in [-0.3, -0.25) is 4.79 Å². The lowest BCUT2D eigenvalue weighted by atomic mass is 9.96. The quantitative estimate of drug-likeness (QED) is 0.645. The van der Waals surface area contributed by atoms with Crippen molar-refractivity contribution in [3.63, 3.8) is 0 Å². The van der Waals surface area contributed by atoms with Crippen LogP contribution in [0.5, 0.6) is 0 Å². The average molecular weight is 471 g/mol. The number of alkyl halides is 3. The molecule has 9 heteroatoms. The number of aromatic nitrogens is 2. The molecule has 3 heterocycles. The average Bonchev–Trinajstić information content (AvgIpc) is 2.92. The first-order chi connectivity index (χ1) is 13.8. The third-order valence-corrected chi connectivity index (χ3v) is 6.16. The van der Waals surface area contributed by atoms with Crippen molar-refractivity contribution >= 4 is 27.7 Å². The van der Waals surface area contributed by atoms with Gasteiger partial charge in [-0.25, -0.2) is 4.68 Å². The maximum atomic E-state index is 13.8. The number of hydrogen-bond acceptors (Lipinski definition) is 3. The first-order valence-corrected chi connectivity index (χ1v) is 10.6. The Hall–Kier alpha value is -2.03. The maximum absolute atomic E-state index is 13.8. The van der Waals surface area contributed by atoms with Crippen LogP contribution in [0.25, 0.3) is 0 Å². The smallest absolute Gasteiger partial charge is 0.363 e. The summed E-state index contributed by atoms with van der Waals surface area (Å²) < 4.78 is 43.2. The minimum atomic E-state index is -4.46. The zero-order valence-electron chi connectivity index (χ0n) is 15.8. The van der Waals surface area contributed by atoms with Crippen LogP contribution in [-0.2, 0) is 0 Å². The summed E-state index contributed by atoms with van der Waals surface area (Å²) in [6, 6.07) is 4.84. The van der Waals surface area contributed by atoms with Gasteiger partial charge in [0.1, 0.15) is 11.4 Å². The van der Waals surface area contributed by atoms with Crippen LogP contribution in [0.4, 0.5) is 19.0 Å². The number of carbonyl (C=O) groups excluding carboxylic acids is 1. The van der Waals surface area contributed by atoms with E-state index < -0.39 is 18.3 Å². The zero-order chi connectivity index (χ0) is 20.6. The van der Waals surface area contributed by atoms with Crippen LogP contribution in [0.3, 0.4) is 0 Å². The molecule has 0 unspecified atom stereocenters. The van der Waals surface area contributed by atoms with Crippen LogP contribution in [-0.4, -0.2) is 39.9 Å². The molecule has 1 N–H and O–H groups in total.